The van der Waals surface area contributed by atoms with E-state index in [0.717, 1.165) is 103 Å². The summed E-state index contributed by atoms with van der Waals surface area (Å²) in [6.45, 7) is 3.99. The maximum atomic E-state index is 12.2. The Bertz CT molecular complexity index is 1290. The van der Waals surface area contributed by atoms with Gasteiger partial charge in [-0.2, -0.15) is 0 Å². The average molecular weight is 857 g/mol. The van der Waals surface area contributed by atoms with E-state index in [4.69, 9.17) is 9.47 Å². The van der Waals surface area contributed by atoms with E-state index >= 15 is 0 Å². The highest BCUT2D eigenvalue weighted by molar-refractivity contribution is 5.70. The molecule has 0 amide bonds. The van der Waals surface area contributed by atoms with Crippen LogP contribution in [0.2, 0.25) is 0 Å². The Balaban J connectivity index is 3.70. The monoisotopic (exact) mass is 857 g/mol. The first kappa shape index (κ1) is 58.3. The molecule has 350 valence electrons. The van der Waals surface area contributed by atoms with Gasteiger partial charge in [-0.15, -0.1) is 0 Å². The zero-order valence-corrected chi connectivity index (χ0v) is 39.8. The first-order valence-corrected chi connectivity index (χ1v) is 25.1. The summed E-state index contributed by atoms with van der Waals surface area (Å²) in [6, 6.07) is 0. The molecule has 0 aliphatic rings. The van der Waals surface area contributed by atoms with E-state index in [2.05, 4.69) is 135 Å². The third kappa shape index (κ3) is 49.0. The topological polar surface area (TPSA) is 72.8 Å². The number of hydrogen-bond donors (Lipinski definition) is 1. The summed E-state index contributed by atoms with van der Waals surface area (Å²) in [5, 5.41) is 9.60. The van der Waals surface area contributed by atoms with Crippen LogP contribution < -0.4 is 0 Å². The highest BCUT2D eigenvalue weighted by atomic mass is 16.6. The van der Waals surface area contributed by atoms with Gasteiger partial charge in [-0.25, -0.2) is 0 Å². The smallest absolute Gasteiger partial charge is 0.306 e. The molecule has 62 heavy (non-hydrogen) atoms. The van der Waals surface area contributed by atoms with E-state index in [1.54, 1.807) is 0 Å². The predicted molar refractivity (Wildman–Crippen MR) is 269 cm³/mol. The van der Waals surface area contributed by atoms with Crippen molar-refractivity contribution in [2.24, 2.45) is 0 Å². The lowest BCUT2D eigenvalue weighted by atomic mass is 10.0. The van der Waals surface area contributed by atoms with Gasteiger partial charge in [0.05, 0.1) is 6.61 Å². The molecule has 0 bridgehead atoms. The first-order valence-electron chi connectivity index (χ1n) is 25.1. The van der Waals surface area contributed by atoms with Crippen LogP contribution in [0, 0.1) is 0 Å². The fourth-order valence-electron chi connectivity index (χ4n) is 6.52. The van der Waals surface area contributed by atoms with E-state index in [1.807, 2.05) is 0 Å². The molecule has 0 saturated heterocycles. The zero-order chi connectivity index (χ0) is 44.9. The van der Waals surface area contributed by atoms with Crippen LogP contribution in [-0.4, -0.2) is 36.4 Å². The minimum Gasteiger partial charge on any atom is -0.462 e. The van der Waals surface area contributed by atoms with E-state index in [1.165, 1.54) is 77.0 Å². The second-order valence-corrected chi connectivity index (χ2v) is 16.2. The quantitative estimate of drug-likeness (QED) is 0.0375. The van der Waals surface area contributed by atoms with Gasteiger partial charge in [0.2, 0.25) is 0 Å². The molecule has 0 spiro atoms. The van der Waals surface area contributed by atoms with Crippen LogP contribution in [-0.2, 0) is 19.1 Å². The Kier molecular flexibility index (Phi) is 48.6. The molecule has 0 radical (unpaired) electrons. The number of carbonyl (C=O) groups excluding carboxylic acids is 2. The van der Waals surface area contributed by atoms with Gasteiger partial charge < -0.3 is 14.6 Å². The molecule has 0 heterocycles. The lowest BCUT2D eigenvalue weighted by molar-refractivity contribution is -0.161. The number of hydrogen-bond acceptors (Lipinski definition) is 5. The Morgan fingerprint density at radius 3 is 1.05 bits per heavy atom. The Labute approximate surface area is 382 Å². The van der Waals surface area contributed by atoms with Gasteiger partial charge in [-0.1, -0.05) is 225 Å². The molecule has 5 nitrogen and oxygen atoms in total. The summed E-state index contributed by atoms with van der Waals surface area (Å²) in [5.74, 6) is -0.647. The summed E-state index contributed by atoms with van der Waals surface area (Å²) in [4.78, 5) is 24.4. The van der Waals surface area contributed by atoms with Crippen molar-refractivity contribution in [1.29, 1.82) is 0 Å². The number of aliphatic hydroxyl groups excluding tert-OH is 1. The van der Waals surface area contributed by atoms with Gasteiger partial charge in [0, 0.05) is 12.8 Å². The van der Waals surface area contributed by atoms with Crippen LogP contribution in [0.4, 0.5) is 0 Å². The Morgan fingerprint density at radius 2 is 0.694 bits per heavy atom. The molecule has 0 rings (SSSR count). The van der Waals surface area contributed by atoms with Gasteiger partial charge in [0.1, 0.15) is 6.61 Å². The van der Waals surface area contributed by atoms with Crippen LogP contribution in [0.15, 0.2) is 122 Å². The number of carbonyl (C=O) groups is 2. The minimum atomic E-state index is -0.801. The maximum absolute atomic E-state index is 12.2. The lowest BCUT2D eigenvalue weighted by Crippen LogP contribution is -2.28. The van der Waals surface area contributed by atoms with Crippen molar-refractivity contribution in [2.45, 2.75) is 213 Å². The van der Waals surface area contributed by atoms with Crippen molar-refractivity contribution < 1.29 is 24.2 Å². The summed E-state index contributed by atoms with van der Waals surface area (Å²) in [7, 11) is 0. The third-order valence-corrected chi connectivity index (χ3v) is 10.3. The van der Waals surface area contributed by atoms with Crippen molar-refractivity contribution in [1.82, 2.24) is 0 Å². The average Bonchev–Trinajstić information content (AvgIpc) is 3.28. The van der Waals surface area contributed by atoms with Gasteiger partial charge >= 0.3 is 11.9 Å². The van der Waals surface area contributed by atoms with Gasteiger partial charge in [0.25, 0.3) is 0 Å². The van der Waals surface area contributed by atoms with Crippen LogP contribution in [0.5, 0.6) is 0 Å². The van der Waals surface area contributed by atoms with Crippen LogP contribution in [0.1, 0.15) is 206 Å². The number of esters is 2. The van der Waals surface area contributed by atoms with Crippen molar-refractivity contribution >= 4 is 11.9 Å². The zero-order valence-electron chi connectivity index (χ0n) is 39.8. The largest absolute Gasteiger partial charge is 0.462 e. The number of allylic oxidation sites excluding steroid dienone is 20. The van der Waals surface area contributed by atoms with E-state index in [9.17, 15) is 14.7 Å². The highest BCUT2D eigenvalue weighted by Crippen LogP contribution is 2.14. The second kappa shape index (κ2) is 51.6. The molecule has 1 N–H and O–H groups in total. The van der Waals surface area contributed by atoms with Crippen LogP contribution >= 0.6 is 0 Å². The van der Waals surface area contributed by atoms with Crippen molar-refractivity contribution in [3.05, 3.63) is 122 Å². The number of aliphatic hydroxyl groups is 1. The Hall–Kier alpha value is -3.70. The number of rotatable bonds is 44. The second-order valence-electron chi connectivity index (χ2n) is 16.2. The molecule has 0 saturated carbocycles. The number of ether oxygens (including phenoxy) is 2. The molecule has 0 aliphatic heterocycles. The lowest BCUT2D eigenvalue weighted by Gasteiger charge is -2.15. The van der Waals surface area contributed by atoms with Crippen molar-refractivity contribution in [3.8, 4) is 0 Å². The molecule has 0 fully saturated rings. The molecule has 0 aromatic rings. The van der Waals surface area contributed by atoms with E-state index in [-0.39, 0.29) is 25.2 Å². The SMILES string of the molecule is CC/C=C\C/C=C\C/C=C\C/C=C\C/C=C\C/C=C\C/C=C\C/C=C\C/C=C\C/C=C\CCCCC(=O)OC(CO)COC(=O)CCCCCCCCCCCCCCCCC. The molecular weight excluding hydrogens is 765 g/mol. The van der Waals surface area contributed by atoms with Crippen LogP contribution in [0.3, 0.4) is 0 Å². The van der Waals surface area contributed by atoms with Gasteiger partial charge in [0.15, 0.2) is 6.10 Å². The summed E-state index contributed by atoms with van der Waals surface area (Å²) < 4.78 is 10.6. The van der Waals surface area contributed by atoms with Gasteiger partial charge in [-0.05, 0) is 89.9 Å². The third-order valence-electron chi connectivity index (χ3n) is 10.3. The fourth-order valence-corrected chi connectivity index (χ4v) is 6.52. The Morgan fingerprint density at radius 1 is 0.387 bits per heavy atom. The van der Waals surface area contributed by atoms with Gasteiger partial charge in [-0.3, -0.25) is 9.59 Å². The molecule has 0 aliphatic carbocycles. The van der Waals surface area contributed by atoms with E-state index in [0.29, 0.717) is 12.8 Å². The number of unbranched alkanes of at least 4 members (excludes halogenated alkanes) is 16. The van der Waals surface area contributed by atoms with E-state index < -0.39 is 6.10 Å². The maximum Gasteiger partial charge on any atom is 0.306 e. The molecule has 1 atom stereocenters. The van der Waals surface area contributed by atoms with Crippen LogP contribution in [0.25, 0.3) is 0 Å². The highest BCUT2D eigenvalue weighted by Gasteiger charge is 2.16. The first-order chi connectivity index (χ1) is 30.6. The molecule has 1 unspecified atom stereocenters. The summed E-state index contributed by atoms with van der Waals surface area (Å²) in [5.41, 5.74) is 0. The molecular formula is C57H92O5. The summed E-state index contributed by atoms with van der Waals surface area (Å²) >= 11 is 0. The molecule has 0 aromatic carbocycles. The molecule has 5 heteroatoms. The fraction of sp³-hybridized carbons (Fsp3) is 0.614. The molecule has 0 aromatic heterocycles. The van der Waals surface area contributed by atoms with Crippen molar-refractivity contribution in [2.75, 3.05) is 13.2 Å². The predicted octanol–water partition coefficient (Wildman–Crippen LogP) is 16.7. The van der Waals surface area contributed by atoms with Crippen molar-refractivity contribution in [3.63, 3.8) is 0 Å². The minimum absolute atomic E-state index is 0.0887. The standard InChI is InChI=1S/C57H92O5/c1-3-5-7-9-11-13-15-17-19-20-21-22-23-24-25-26-27-28-29-30-31-32-33-34-35-36-38-40-42-44-46-48-50-52-57(60)62-55(53-58)54-61-56(59)51-49-47-45-43-41-39-37-18-16-14-12-10-8-6-4-2/h5,7,11,13,17,19,21-22,24-25,27-28,30-31,33-34,36,38,42,44,55,58H,3-4,6,8-10,12,14-16,18,20,23,26,29,32,35,37,39-41,43,45-54H2,1-2H3/b7-5-,13-11-,19-17-,22-21-,25-24-,28-27-,31-30-,34-33-,38-36-,44-42-. The summed E-state index contributed by atoms with van der Waals surface area (Å²) in [6.07, 6.45) is 75.7. The normalized spacial score (nSPS) is 13.3.